The summed E-state index contributed by atoms with van der Waals surface area (Å²) in [5.74, 6) is 0. The Hall–Kier alpha value is -7.48. The molecule has 0 aromatic heterocycles. The van der Waals surface area contributed by atoms with Crippen LogP contribution in [0.5, 0.6) is 0 Å². The van der Waals surface area contributed by atoms with Crippen LogP contribution in [-0.2, 0) is 5.41 Å². The zero-order chi connectivity index (χ0) is 45.9. The van der Waals surface area contributed by atoms with E-state index in [-0.39, 0.29) is 5.41 Å². The van der Waals surface area contributed by atoms with Crippen LogP contribution < -0.4 is 4.90 Å². The molecule has 0 saturated carbocycles. The smallest absolute Gasteiger partial charge is 0.0540 e. The number of rotatable bonds is 11. The molecule has 12 rings (SSSR count). The van der Waals surface area contributed by atoms with E-state index >= 15 is 0 Å². The van der Waals surface area contributed by atoms with Crippen LogP contribution in [0.4, 0.5) is 17.1 Å². The molecular formula is C67H57N. The molecule has 0 fully saturated rings. The Morgan fingerprint density at radius 1 is 0.368 bits per heavy atom. The number of benzene rings is 11. The lowest BCUT2D eigenvalue weighted by Gasteiger charge is -2.32. The number of anilines is 3. The third-order valence-electron chi connectivity index (χ3n) is 15.5. The van der Waals surface area contributed by atoms with Crippen LogP contribution in [0.25, 0.3) is 87.2 Å². The first-order valence-corrected chi connectivity index (χ1v) is 25.0. The molecule has 1 aliphatic rings. The van der Waals surface area contributed by atoms with Crippen molar-refractivity contribution in [3.8, 4) is 33.4 Å². The van der Waals surface area contributed by atoms with E-state index in [1.165, 1.54) is 159 Å². The van der Waals surface area contributed by atoms with Crippen LogP contribution in [0.15, 0.2) is 200 Å². The highest BCUT2D eigenvalue weighted by molar-refractivity contribution is 6.22. The summed E-state index contributed by atoms with van der Waals surface area (Å²) in [6.07, 6.45) is 7.29. The molecule has 1 aliphatic carbocycles. The fraction of sp³-hybridized carbons (Fsp3) is 0.164. The molecule has 0 N–H and O–H groups in total. The van der Waals surface area contributed by atoms with Gasteiger partial charge in [-0.3, -0.25) is 0 Å². The van der Waals surface area contributed by atoms with E-state index in [4.69, 9.17) is 0 Å². The van der Waals surface area contributed by atoms with Crippen molar-refractivity contribution < 1.29 is 0 Å². The number of hydrogen-bond donors (Lipinski definition) is 0. The Kier molecular flexibility index (Phi) is 10.5. The molecule has 0 bridgehead atoms. The lowest BCUT2D eigenvalue weighted by atomic mass is 9.71. The third-order valence-corrected chi connectivity index (χ3v) is 15.5. The van der Waals surface area contributed by atoms with Crippen LogP contribution >= 0.6 is 0 Å². The Morgan fingerprint density at radius 3 is 1.37 bits per heavy atom. The summed E-state index contributed by atoms with van der Waals surface area (Å²) < 4.78 is 0. The van der Waals surface area contributed by atoms with Gasteiger partial charge in [-0.15, -0.1) is 0 Å². The Morgan fingerprint density at radius 2 is 0.809 bits per heavy atom. The fourth-order valence-corrected chi connectivity index (χ4v) is 12.2. The van der Waals surface area contributed by atoms with Gasteiger partial charge in [0.1, 0.15) is 0 Å². The minimum atomic E-state index is 0.0731. The molecule has 1 heteroatoms. The predicted molar refractivity (Wildman–Crippen MR) is 294 cm³/mol. The average molecular weight is 876 g/mol. The van der Waals surface area contributed by atoms with Gasteiger partial charge in [-0.05, 0) is 162 Å². The van der Waals surface area contributed by atoms with E-state index in [9.17, 15) is 0 Å². The maximum Gasteiger partial charge on any atom is 0.0540 e. The summed E-state index contributed by atoms with van der Waals surface area (Å²) in [4.78, 5) is 2.48. The summed E-state index contributed by atoms with van der Waals surface area (Å²) in [6, 6.07) is 76.0. The second-order valence-electron chi connectivity index (χ2n) is 19.4. The molecule has 0 amide bonds. The first-order valence-electron chi connectivity index (χ1n) is 25.0. The van der Waals surface area contributed by atoms with E-state index in [0.29, 0.717) is 0 Å². The minimum absolute atomic E-state index is 0.0731. The molecule has 0 aliphatic heterocycles. The maximum atomic E-state index is 2.54. The van der Waals surface area contributed by atoms with E-state index in [0.717, 1.165) is 5.69 Å². The van der Waals surface area contributed by atoms with Gasteiger partial charge in [0.2, 0.25) is 0 Å². The zero-order valence-corrected chi connectivity index (χ0v) is 39.7. The van der Waals surface area contributed by atoms with E-state index in [2.05, 4.69) is 233 Å². The summed E-state index contributed by atoms with van der Waals surface area (Å²) in [6.45, 7) is 9.10. The van der Waals surface area contributed by atoms with Crippen LogP contribution in [0.1, 0.15) is 74.6 Å². The van der Waals surface area contributed by atoms with Gasteiger partial charge in [0.05, 0.1) is 11.4 Å². The maximum absolute atomic E-state index is 2.54. The second-order valence-corrected chi connectivity index (χ2v) is 19.4. The van der Waals surface area contributed by atoms with Crippen LogP contribution in [-0.4, -0.2) is 0 Å². The van der Waals surface area contributed by atoms with Crippen molar-refractivity contribution in [2.24, 2.45) is 0 Å². The number of nitrogens with zero attached hydrogens (tertiary/aromatic N) is 1. The van der Waals surface area contributed by atoms with E-state index in [1.807, 2.05) is 0 Å². The van der Waals surface area contributed by atoms with Crippen LogP contribution in [0.2, 0.25) is 0 Å². The molecule has 330 valence electrons. The van der Waals surface area contributed by atoms with Crippen molar-refractivity contribution in [1.29, 1.82) is 0 Å². The fourth-order valence-electron chi connectivity index (χ4n) is 12.2. The monoisotopic (exact) mass is 875 g/mol. The summed E-state index contributed by atoms with van der Waals surface area (Å²) in [5, 5.41) is 12.6. The number of hydrogen-bond acceptors (Lipinski definition) is 1. The Labute approximate surface area is 401 Å². The SMILES string of the molecule is CCCCC1(CCCC)c2ccccc2-c2cc(-c3c4ccccc4c(-c4ccc5cc(N(c6ccc(C)c7ccccc67)c6ccc(C)c7ccccc67)ccc5c4)c4ccccc34)ccc21. The first-order chi connectivity index (χ1) is 33.5. The van der Waals surface area contributed by atoms with Gasteiger partial charge in [0.25, 0.3) is 0 Å². The van der Waals surface area contributed by atoms with Crippen molar-refractivity contribution >= 4 is 70.9 Å². The lowest BCUT2D eigenvalue weighted by molar-refractivity contribution is 0.414. The molecule has 0 atom stereocenters. The largest absolute Gasteiger partial charge is 0.309 e. The van der Waals surface area contributed by atoms with Crippen molar-refractivity contribution in [3.63, 3.8) is 0 Å². The number of fused-ring (bicyclic) bond motifs is 8. The molecular weight excluding hydrogens is 819 g/mol. The minimum Gasteiger partial charge on any atom is -0.309 e. The standard InChI is InChI=1S/C67H57N/c1-5-7-39-67(40-8-6-2)61-28-18-17-21-53(61)60-43-49(34-36-62(60)67)66-58-26-15-13-24-56(58)65(57-25-14-16-27-59(57)66)48-32-31-47-42-50(35-33-46(47)41-48)68(63-37-29-44(3)51-19-9-11-22-54(51)63)64-38-30-45(4)52-20-10-12-23-55(52)64/h9-38,41-43H,5-8,39-40H2,1-4H3. The Balaban J connectivity index is 1.01. The quantitative estimate of drug-likeness (QED) is 0.117. The highest BCUT2D eigenvalue weighted by Crippen LogP contribution is 2.56. The second kappa shape index (κ2) is 17.0. The highest BCUT2D eigenvalue weighted by atomic mass is 15.1. The van der Waals surface area contributed by atoms with Gasteiger partial charge in [-0.1, -0.05) is 203 Å². The van der Waals surface area contributed by atoms with Gasteiger partial charge in [-0.2, -0.15) is 0 Å². The van der Waals surface area contributed by atoms with Crippen molar-refractivity contribution in [1.82, 2.24) is 0 Å². The Bertz CT molecular complexity index is 3610. The van der Waals surface area contributed by atoms with Crippen LogP contribution in [0.3, 0.4) is 0 Å². The number of aryl methyl sites for hydroxylation is 2. The van der Waals surface area contributed by atoms with Crippen molar-refractivity contribution in [2.45, 2.75) is 71.6 Å². The normalized spacial score (nSPS) is 12.9. The molecule has 0 saturated heterocycles. The van der Waals surface area contributed by atoms with E-state index < -0.39 is 0 Å². The summed E-state index contributed by atoms with van der Waals surface area (Å²) in [5.41, 5.74) is 17.1. The van der Waals surface area contributed by atoms with Gasteiger partial charge in [-0.25, -0.2) is 0 Å². The molecule has 0 spiro atoms. The molecule has 0 radical (unpaired) electrons. The number of unbranched alkanes of at least 4 members (excludes halogenated alkanes) is 2. The highest BCUT2D eigenvalue weighted by Gasteiger charge is 2.42. The van der Waals surface area contributed by atoms with Gasteiger partial charge in [0, 0.05) is 21.9 Å². The van der Waals surface area contributed by atoms with Crippen LogP contribution in [0, 0.1) is 13.8 Å². The molecule has 11 aromatic carbocycles. The lowest BCUT2D eigenvalue weighted by Crippen LogP contribution is -2.25. The van der Waals surface area contributed by atoms with Gasteiger partial charge in [0.15, 0.2) is 0 Å². The summed E-state index contributed by atoms with van der Waals surface area (Å²) in [7, 11) is 0. The van der Waals surface area contributed by atoms with Gasteiger partial charge >= 0.3 is 0 Å². The molecule has 0 heterocycles. The molecule has 11 aromatic rings. The molecule has 0 unspecified atom stereocenters. The van der Waals surface area contributed by atoms with Crippen molar-refractivity contribution in [3.05, 3.63) is 222 Å². The van der Waals surface area contributed by atoms with Gasteiger partial charge < -0.3 is 4.90 Å². The first kappa shape index (κ1) is 41.9. The predicted octanol–water partition coefficient (Wildman–Crippen LogP) is 19.5. The van der Waals surface area contributed by atoms with E-state index in [1.54, 1.807) is 0 Å². The third kappa shape index (κ3) is 6.66. The topological polar surface area (TPSA) is 3.24 Å². The molecule has 68 heavy (non-hydrogen) atoms. The zero-order valence-electron chi connectivity index (χ0n) is 39.7. The average Bonchev–Trinajstić information content (AvgIpc) is 3.66. The summed E-state index contributed by atoms with van der Waals surface area (Å²) >= 11 is 0. The van der Waals surface area contributed by atoms with Crippen molar-refractivity contribution in [2.75, 3.05) is 4.90 Å². The molecule has 1 nitrogen and oxygen atoms in total.